The molecule has 0 atom stereocenters. The van der Waals surface area contributed by atoms with Gasteiger partial charge in [-0.25, -0.2) is 0 Å². The van der Waals surface area contributed by atoms with Gasteiger partial charge in [0.1, 0.15) is 0 Å². The van der Waals surface area contributed by atoms with Crippen molar-refractivity contribution in [3.63, 3.8) is 0 Å². The maximum atomic E-state index is 3.43. The highest BCUT2D eigenvalue weighted by Gasteiger charge is 2.22. The van der Waals surface area contributed by atoms with Crippen molar-refractivity contribution in [1.82, 2.24) is 4.57 Å². The van der Waals surface area contributed by atoms with Gasteiger partial charge in [0.15, 0.2) is 0 Å². The second kappa shape index (κ2) is 8.43. The first-order chi connectivity index (χ1) is 17.8. The number of hydrogen-bond acceptors (Lipinski definition) is 0. The predicted molar refractivity (Wildman–Crippen MR) is 153 cm³/mol. The lowest BCUT2D eigenvalue weighted by Crippen LogP contribution is -2.05. The second-order valence-electron chi connectivity index (χ2n) is 9.71. The van der Waals surface area contributed by atoms with Crippen molar-refractivity contribution in [1.29, 1.82) is 0 Å². The van der Waals surface area contributed by atoms with Gasteiger partial charge >= 0.3 is 0 Å². The summed E-state index contributed by atoms with van der Waals surface area (Å²) in [6.07, 6.45) is 13.5. The van der Waals surface area contributed by atoms with E-state index in [0.29, 0.717) is 0 Å². The van der Waals surface area contributed by atoms with E-state index in [2.05, 4.69) is 114 Å². The van der Waals surface area contributed by atoms with E-state index in [1.54, 1.807) is 0 Å². The van der Waals surface area contributed by atoms with Crippen molar-refractivity contribution in [3.05, 3.63) is 113 Å². The number of hydrogen-bond donors (Lipinski definition) is 0. The third kappa shape index (κ3) is 3.11. The quantitative estimate of drug-likeness (QED) is 0.232. The monoisotopic (exact) mass is 461 g/mol. The average molecular weight is 462 g/mol. The third-order valence-corrected chi connectivity index (χ3v) is 7.70. The molecular formula is C35H27N. The van der Waals surface area contributed by atoms with Gasteiger partial charge in [0.2, 0.25) is 0 Å². The molecule has 2 aliphatic rings. The smallest absolute Gasteiger partial charge is 0.0537 e. The fraction of sp³-hybridized carbons (Fsp3) is 0.143. The van der Waals surface area contributed by atoms with E-state index in [-0.39, 0.29) is 0 Å². The van der Waals surface area contributed by atoms with Crippen LogP contribution in [0.4, 0.5) is 0 Å². The number of para-hydroxylation sites is 1. The zero-order valence-electron chi connectivity index (χ0n) is 20.5. The van der Waals surface area contributed by atoms with Crippen LogP contribution in [0.5, 0.6) is 0 Å². The van der Waals surface area contributed by atoms with Crippen LogP contribution in [0.2, 0.25) is 0 Å². The molecule has 0 amide bonds. The zero-order chi connectivity index (χ0) is 24.1. The third-order valence-electron chi connectivity index (χ3n) is 7.70. The highest BCUT2D eigenvalue weighted by molar-refractivity contribution is 6.05. The number of fused-ring (bicyclic) bond motifs is 5. The van der Waals surface area contributed by atoms with E-state index in [9.17, 15) is 0 Å². The summed E-state index contributed by atoms with van der Waals surface area (Å²) in [5.41, 5.74) is 11.8. The lowest BCUT2D eigenvalue weighted by atomic mass is 9.82. The summed E-state index contributed by atoms with van der Waals surface area (Å²) < 4.78 is 2.49. The summed E-state index contributed by atoms with van der Waals surface area (Å²) in [6.45, 7) is 1.93. The Morgan fingerprint density at radius 2 is 1.47 bits per heavy atom. The first-order valence-electron chi connectivity index (χ1n) is 12.9. The molecule has 5 aromatic rings. The molecule has 4 aromatic carbocycles. The molecule has 0 fully saturated rings. The molecule has 0 bridgehead atoms. The van der Waals surface area contributed by atoms with Crippen molar-refractivity contribution in [3.8, 4) is 28.7 Å². The van der Waals surface area contributed by atoms with Gasteiger partial charge < -0.3 is 4.57 Å². The number of aromatic nitrogens is 1. The number of nitrogens with zero attached hydrogens (tertiary/aromatic N) is 1. The molecule has 0 aliphatic heterocycles. The topological polar surface area (TPSA) is 4.93 Å². The summed E-state index contributed by atoms with van der Waals surface area (Å²) >= 11 is 0. The second-order valence-corrected chi connectivity index (χ2v) is 9.71. The van der Waals surface area contributed by atoms with E-state index in [1.165, 1.54) is 60.9 Å². The Morgan fingerprint density at radius 1 is 0.722 bits per heavy atom. The largest absolute Gasteiger partial charge is 0.313 e. The van der Waals surface area contributed by atoms with Gasteiger partial charge in [-0.1, -0.05) is 84.8 Å². The first kappa shape index (κ1) is 21.0. The van der Waals surface area contributed by atoms with Crippen LogP contribution < -0.4 is 0 Å². The fourth-order valence-corrected chi connectivity index (χ4v) is 6.24. The van der Waals surface area contributed by atoms with Crippen LogP contribution in [-0.4, -0.2) is 4.57 Å². The Morgan fingerprint density at radius 3 is 2.33 bits per heavy atom. The molecule has 1 heteroatoms. The van der Waals surface area contributed by atoms with Gasteiger partial charge in [0, 0.05) is 27.9 Å². The van der Waals surface area contributed by atoms with Crippen LogP contribution in [0, 0.1) is 11.8 Å². The molecule has 0 unspecified atom stereocenters. The Bertz CT molecular complexity index is 1800. The molecular weight excluding hydrogens is 434 g/mol. The molecule has 172 valence electrons. The molecule has 0 spiro atoms. The molecule has 2 aliphatic carbocycles. The summed E-state index contributed by atoms with van der Waals surface area (Å²) in [5.74, 6) is 6.60. The van der Waals surface area contributed by atoms with Gasteiger partial charge in [-0.3, -0.25) is 0 Å². The van der Waals surface area contributed by atoms with Crippen LogP contribution in [0.1, 0.15) is 47.7 Å². The first-order valence-corrected chi connectivity index (χ1v) is 12.9. The molecule has 0 saturated heterocycles. The van der Waals surface area contributed by atoms with Crippen LogP contribution in [0.25, 0.3) is 50.6 Å². The molecule has 1 aromatic heterocycles. The van der Waals surface area contributed by atoms with Crippen LogP contribution >= 0.6 is 0 Å². The van der Waals surface area contributed by atoms with Gasteiger partial charge in [-0.2, -0.15) is 0 Å². The van der Waals surface area contributed by atoms with Crippen molar-refractivity contribution < 1.29 is 0 Å². The van der Waals surface area contributed by atoms with Gasteiger partial charge in [-0.05, 0) is 83.8 Å². The normalized spacial score (nSPS) is 13.9. The van der Waals surface area contributed by atoms with E-state index < -0.39 is 0 Å². The summed E-state index contributed by atoms with van der Waals surface area (Å²) in [4.78, 5) is 0. The van der Waals surface area contributed by atoms with Crippen LogP contribution in [0.3, 0.4) is 0 Å². The van der Waals surface area contributed by atoms with Crippen LogP contribution in [0.15, 0.2) is 84.9 Å². The Balaban J connectivity index is 1.53. The predicted octanol–water partition coefficient (Wildman–Crippen LogP) is 8.74. The molecule has 1 heterocycles. The number of allylic oxidation sites excluding steroid dienone is 2. The maximum absolute atomic E-state index is 3.43. The Hall–Kier alpha value is -4.28. The van der Waals surface area contributed by atoms with E-state index in [4.69, 9.17) is 0 Å². The van der Waals surface area contributed by atoms with Crippen molar-refractivity contribution in [2.45, 2.75) is 32.6 Å². The molecule has 0 N–H and O–H groups in total. The highest BCUT2D eigenvalue weighted by atomic mass is 15.0. The van der Waals surface area contributed by atoms with E-state index in [1.807, 2.05) is 6.92 Å². The van der Waals surface area contributed by atoms with Crippen LogP contribution in [-0.2, 0) is 12.8 Å². The van der Waals surface area contributed by atoms with E-state index >= 15 is 0 Å². The molecule has 7 rings (SSSR count). The minimum atomic E-state index is 1.04. The molecule has 0 saturated carbocycles. The fourth-order valence-electron chi connectivity index (χ4n) is 6.24. The Kier molecular flexibility index (Phi) is 4.93. The van der Waals surface area contributed by atoms with Gasteiger partial charge in [-0.15, -0.1) is 5.92 Å². The highest BCUT2D eigenvalue weighted by Crippen LogP contribution is 2.41. The molecule has 1 nitrogen and oxygen atoms in total. The molecule has 0 radical (unpaired) electrons. The SMILES string of the molecule is CC#Cc1c2c(c(-c3cccc(-n4c5c(c6ccccc64)C=CCC5)c3)c3ccccc13)CCC=C2. The lowest BCUT2D eigenvalue weighted by molar-refractivity contribution is 0.888. The van der Waals surface area contributed by atoms with Gasteiger partial charge in [0.05, 0.1) is 5.52 Å². The van der Waals surface area contributed by atoms with Crippen molar-refractivity contribution in [2.75, 3.05) is 0 Å². The minimum Gasteiger partial charge on any atom is -0.313 e. The average Bonchev–Trinajstić information content (AvgIpc) is 3.28. The number of rotatable bonds is 2. The summed E-state index contributed by atoms with van der Waals surface area (Å²) in [5, 5.41) is 3.87. The molecule has 36 heavy (non-hydrogen) atoms. The summed E-state index contributed by atoms with van der Waals surface area (Å²) in [7, 11) is 0. The maximum Gasteiger partial charge on any atom is 0.0537 e. The lowest BCUT2D eigenvalue weighted by Gasteiger charge is -2.22. The standard InChI is InChI=1S/C35H27N/c1-2-12-26-27-15-3-5-19-31(27)35(32-20-6-4-16-28(26)32)24-13-11-14-25(23-24)36-33-21-9-7-17-29(33)30-18-8-10-22-34(30)36/h3-5,7-9,11,13-19,21,23H,6,10,20,22H2,1H3. The minimum absolute atomic E-state index is 1.04. The van der Waals surface area contributed by atoms with Gasteiger partial charge in [0.25, 0.3) is 0 Å². The summed E-state index contributed by atoms with van der Waals surface area (Å²) in [6, 6.07) is 26.8. The number of benzene rings is 4. The van der Waals surface area contributed by atoms with Crippen molar-refractivity contribution in [2.24, 2.45) is 0 Å². The van der Waals surface area contributed by atoms with E-state index in [0.717, 1.165) is 31.2 Å². The zero-order valence-corrected chi connectivity index (χ0v) is 20.5. The van der Waals surface area contributed by atoms with Crippen molar-refractivity contribution >= 4 is 33.8 Å². The Labute approximate surface area is 212 Å².